The number of hydrogen-bond donors (Lipinski definition) is 2. The fourth-order valence-electron chi connectivity index (χ4n) is 2.25. The minimum Gasteiger partial charge on any atom is -0.397 e. The second-order valence-corrected chi connectivity index (χ2v) is 9.15. The molecule has 0 aliphatic heterocycles. The number of aromatic nitrogens is 2. The first-order valence-corrected chi connectivity index (χ1v) is 9.91. The molecular formula is C17H24N4S2. The Morgan fingerprint density at radius 2 is 2.17 bits per heavy atom. The third-order valence-electron chi connectivity index (χ3n) is 3.43. The smallest absolute Gasteiger partial charge is 0.0719 e. The predicted molar refractivity (Wildman–Crippen MR) is 105 cm³/mol. The molecule has 0 aliphatic carbocycles. The van der Waals surface area contributed by atoms with E-state index >= 15 is 0 Å². The van der Waals surface area contributed by atoms with Crippen molar-refractivity contribution in [2.45, 2.75) is 18.6 Å². The molecule has 0 radical (unpaired) electrons. The lowest BCUT2D eigenvalue weighted by Crippen LogP contribution is -2.30. The first-order chi connectivity index (χ1) is 10.8. The van der Waals surface area contributed by atoms with Gasteiger partial charge in [-0.25, -0.2) is 0 Å². The molecule has 0 saturated heterocycles. The molecule has 0 aromatic carbocycles. The summed E-state index contributed by atoms with van der Waals surface area (Å²) in [5.74, 6) is 0. The van der Waals surface area contributed by atoms with Crippen LogP contribution in [0.2, 0.25) is 0 Å². The van der Waals surface area contributed by atoms with Crippen LogP contribution in [0.25, 0.3) is 17.0 Å². The van der Waals surface area contributed by atoms with E-state index in [-0.39, 0.29) is 4.75 Å². The lowest BCUT2D eigenvalue weighted by Gasteiger charge is -2.24. The Morgan fingerprint density at radius 3 is 2.78 bits per heavy atom. The van der Waals surface area contributed by atoms with Crippen molar-refractivity contribution in [2.24, 2.45) is 7.05 Å². The summed E-state index contributed by atoms with van der Waals surface area (Å²) >= 11 is 0. The van der Waals surface area contributed by atoms with Gasteiger partial charge in [0.1, 0.15) is 0 Å². The van der Waals surface area contributed by atoms with Gasteiger partial charge in [-0.2, -0.15) is 0 Å². The van der Waals surface area contributed by atoms with Crippen molar-refractivity contribution in [1.82, 2.24) is 14.9 Å². The molecule has 2 heterocycles. The summed E-state index contributed by atoms with van der Waals surface area (Å²) in [5.41, 5.74) is 10.3. The van der Waals surface area contributed by atoms with Crippen molar-refractivity contribution >= 4 is 33.0 Å². The highest BCUT2D eigenvalue weighted by Gasteiger charge is 2.19. The zero-order valence-electron chi connectivity index (χ0n) is 14.1. The van der Waals surface area contributed by atoms with Crippen molar-refractivity contribution in [3.63, 3.8) is 0 Å². The van der Waals surface area contributed by atoms with E-state index in [1.165, 1.54) is 0 Å². The Balaban J connectivity index is 2.11. The lowest BCUT2D eigenvalue weighted by atomic mass is 10.2. The number of anilines is 1. The van der Waals surface area contributed by atoms with Crippen molar-refractivity contribution in [3.8, 4) is 11.3 Å². The first-order valence-electron chi connectivity index (χ1n) is 7.35. The Morgan fingerprint density at radius 1 is 1.43 bits per heavy atom. The van der Waals surface area contributed by atoms with Crippen molar-refractivity contribution < 1.29 is 0 Å². The van der Waals surface area contributed by atoms with E-state index < -0.39 is 0 Å². The summed E-state index contributed by atoms with van der Waals surface area (Å²) in [6.07, 6.45) is 5.84. The number of nitrogens with two attached hydrogens (primary N) is 1. The standard InChI is InChI=1S/C17H24N4S2/c1-12(20-11-17(2,3)23-22-5)16-8-13(10-21(16)4)15-7-6-14(18)9-19-15/h6-10,20H,1,11,18H2,2-5H3. The van der Waals surface area contributed by atoms with Gasteiger partial charge in [-0.15, -0.1) is 0 Å². The quantitative estimate of drug-likeness (QED) is 0.740. The molecule has 6 heteroatoms. The van der Waals surface area contributed by atoms with Crippen LogP contribution in [-0.4, -0.2) is 27.1 Å². The molecule has 4 nitrogen and oxygen atoms in total. The normalized spacial score (nSPS) is 11.5. The lowest BCUT2D eigenvalue weighted by molar-refractivity contribution is 0.671. The summed E-state index contributed by atoms with van der Waals surface area (Å²) in [4.78, 5) is 4.38. The highest BCUT2D eigenvalue weighted by Crippen LogP contribution is 2.33. The van der Waals surface area contributed by atoms with Crippen LogP contribution in [0, 0.1) is 0 Å². The summed E-state index contributed by atoms with van der Waals surface area (Å²) in [5, 5.41) is 3.45. The average Bonchev–Trinajstić information content (AvgIpc) is 2.87. The second-order valence-electron chi connectivity index (χ2n) is 6.04. The zero-order valence-corrected chi connectivity index (χ0v) is 15.7. The largest absolute Gasteiger partial charge is 0.397 e. The van der Waals surface area contributed by atoms with Gasteiger partial charge in [-0.05, 0) is 38.3 Å². The maximum absolute atomic E-state index is 5.70. The molecule has 3 N–H and O–H groups in total. The van der Waals surface area contributed by atoms with Gasteiger partial charge in [0.05, 0.1) is 29.0 Å². The number of hydrogen-bond acceptors (Lipinski definition) is 5. The van der Waals surface area contributed by atoms with E-state index in [0.29, 0.717) is 5.69 Å². The van der Waals surface area contributed by atoms with Crippen molar-refractivity contribution in [1.29, 1.82) is 0 Å². The van der Waals surface area contributed by atoms with Gasteiger partial charge in [0.2, 0.25) is 0 Å². The molecular weight excluding hydrogens is 324 g/mol. The summed E-state index contributed by atoms with van der Waals surface area (Å²) in [7, 11) is 5.67. The Kier molecular flexibility index (Phi) is 5.70. The van der Waals surface area contributed by atoms with Gasteiger partial charge in [0, 0.05) is 30.1 Å². The minimum atomic E-state index is 0.148. The molecule has 23 heavy (non-hydrogen) atoms. The molecule has 0 aliphatic rings. The molecule has 0 bridgehead atoms. The van der Waals surface area contributed by atoms with Gasteiger partial charge in [-0.3, -0.25) is 4.98 Å². The summed E-state index contributed by atoms with van der Waals surface area (Å²) in [6.45, 7) is 9.49. The number of nitrogens with zero attached hydrogens (tertiary/aromatic N) is 2. The molecule has 2 aromatic heterocycles. The van der Waals surface area contributed by atoms with Crippen LogP contribution in [0.3, 0.4) is 0 Å². The summed E-state index contributed by atoms with van der Waals surface area (Å²) < 4.78 is 2.21. The average molecular weight is 349 g/mol. The number of aryl methyl sites for hydroxylation is 1. The Bertz CT molecular complexity index is 674. The maximum Gasteiger partial charge on any atom is 0.0719 e. The summed E-state index contributed by atoms with van der Waals surface area (Å²) in [6, 6.07) is 5.90. The highest BCUT2D eigenvalue weighted by atomic mass is 33.1. The second kappa shape index (κ2) is 7.36. The molecule has 0 atom stereocenters. The Hall–Kier alpha value is -1.53. The Labute approximate surface area is 146 Å². The van der Waals surface area contributed by atoms with Crippen LogP contribution in [0.1, 0.15) is 19.5 Å². The number of pyridine rings is 1. The van der Waals surface area contributed by atoms with E-state index in [1.54, 1.807) is 17.0 Å². The van der Waals surface area contributed by atoms with Gasteiger partial charge >= 0.3 is 0 Å². The van der Waals surface area contributed by atoms with Crippen LogP contribution >= 0.6 is 21.6 Å². The van der Waals surface area contributed by atoms with Crippen LogP contribution in [-0.2, 0) is 7.05 Å². The molecule has 0 saturated carbocycles. The van der Waals surface area contributed by atoms with Gasteiger partial charge in [0.15, 0.2) is 0 Å². The maximum atomic E-state index is 5.70. The molecule has 0 unspecified atom stereocenters. The molecule has 0 spiro atoms. The van der Waals surface area contributed by atoms with Crippen molar-refractivity contribution in [2.75, 3.05) is 18.5 Å². The first kappa shape index (κ1) is 17.8. The fourth-order valence-corrected chi connectivity index (χ4v) is 4.36. The van der Waals surface area contributed by atoms with Crippen molar-refractivity contribution in [3.05, 3.63) is 42.9 Å². The van der Waals surface area contributed by atoms with Crippen LogP contribution in [0.15, 0.2) is 37.2 Å². The van der Waals surface area contributed by atoms with Crippen LogP contribution < -0.4 is 11.1 Å². The number of rotatable bonds is 7. The van der Waals surface area contributed by atoms with Crippen LogP contribution in [0.5, 0.6) is 0 Å². The van der Waals surface area contributed by atoms with E-state index in [9.17, 15) is 0 Å². The van der Waals surface area contributed by atoms with Gasteiger partial charge < -0.3 is 15.6 Å². The third kappa shape index (κ3) is 4.72. The highest BCUT2D eigenvalue weighted by molar-refractivity contribution is 8.76. The van der Waals surface area contributed by atoms with E-state index in [4.69, 9.17) is 5.73 Å². The molecule has 0 amide bonds. The topological polar surface area (TPSA) is 55.9 Å². The number of nitrogen functional groups attached to an aromatic ring is 1. The monoisotopic (exact) mass is 348 g/mol. The number of nitrogens with one attached hydrogen (secondary N) is 1. The third-order valence-corrected chi connectivity index (χ3v) is 6.05. The molecule has 2 rings (SSSR count). The molecule has 2 aromatic rings. The zero-order chi connectivity index (χ0) is 17.0. The van der Waals surface area contributed by atoms with E-state index in [2.05, 4.69) is 53.8 Å². The van der Waals surface area contributed by atoms with Gasteiger partial charge in [-0.1, -0.05) is 28.2 Å². The van der Waals surface area contributed by atoms with Crippen LogP contribution in [0.4, 0.5) is 5.69 Å². The minimum absolute atomic E-state index is 0.148. The molecule has 124 valence electrons. The predicted octanol–water partition coefficient (Wildman–Crippen LogP) is 4.02. The van der Waals surface area contributed by atoms with E-state index in [1.807, 2.05) is 30.0 Å². The molecule has 0 fully saturated rings. The SMILES string of the molecule is C=C(NCC(C)(C)SSC)c1cc(-c2ccc(N)cn2)cn1C. The van der Waals surface area contributed by atoms with Gasteiger partial charge in [0.25, 0.3) is 0 Å². The fraction of sp³-hybridized carbons (Fsp3) is 0.353. The van der Waals surface area contributed by atoms with E-state index in [0.717, 1.165) is 29.2 Å².